The topological polar surface area (TPSA) is 53.1 Å². The highest BCUT2D eigenvalue weighted by Gasteiger charge is 2.19. The quantitative estimate of drug-likeness (QED) is 0.878. The minimum Gasteiger partial charge on any atom is -0.383 e. The molecule has 2 heterocycles. The molecule has 1 aromatic heterocycles. The number of hydrogen-bond acceptors (Lipinski definition) is 3. The van der Waals surface area contributed by atoms with Crippen LogP contribution in [0.15, 0.2) is 28.7 Å². The molecule has 0 radical (unpaired) electrons. The monoisotopic (exact) mass is 293 g/mol. The summed E-state index contributed by atoms with van der Waals surface area (Å²) in [7, 11) is 0. The molecule has 2 aromatic rings. The van der Waals surface area contributed by atoms with Crippen molar-refractivity contribution in [1.82, 2.24) is 9.78 Å². The average Bonchev–Trinajstić information content (AvgIpc) is 2.69. The molecule has 0 fully saturated rings. The van der Waals surface area contributed by atoms with Gasteiger partial charge in [-0.05, 0) is 24.3 Å². The minimum atomic E-state index is 0.567. The van der Waals surface area contributed by atoms with E-state index in [1.54, 1.807) is 4.68 Å². The fraction of sp³-hybridized carbons (Fsp3) is 0.250. The van der Waals surface area contributed by atoms with E-state index in [1.807, 2.05) is 24.3 Å². The van der Waals surface area contributed by atoms with E-state index < -0.39 is 0 Å². The molecule has 4 nitrogen and oxygen atoms in total. The Kier molecular flexibility index (Phi) is 2.64. The lowest BCUT2D eigenvalue weighted by Gasteiger charge is -2.10. The summed E-state index contributed by atoms with van der Waals surface area (Å²) >= 11 is 3.41. The van der Waals surface area contributed by atoms with E-state index >= 15 is 0 Å². The van der Waals surface area contributed by atoms with Crippen LogP contribution < -0.4 is 5.73 Å². The van der Waals surface area contributed by atoms with Crippen LogP contribution in [-0.4, -0.2) is 16.4 Å². The van der Waals surface area contributed by atoms with Gasteiger partial charge < -0.3 is 10.5 Å². The molecular formula is C12H12BrN3O. The smallest absolute Gasteiger partial charge is 0.133 e. The van der Waals surface area contributed by atoms with Crippen LogP contribution in [-0.2, 0) is 17.8 Å². The van der Waals surface area contributed by atoms with Gasteiger partial charge in [0.25, 0.3) is 0 Å². The van der Waals surface area contributed by atoms with Gasteiger partial charge in [0.1, 0.15) is 5.82 Å². The highest BCUT2D eigenvalue weighted by Crippen LogP contribution is 2.25. The van der Waals surface area contributed by atoms with Crippen molar-refractivity contribution in [2.24, 2.45) is 0 Å². The van der Waals surface area contributed by atoms with Gasteiger partial charge in [0.15, 0.2) is 0 Å². The Morgan fingerprint density at radius 3 is 2.76 bits per heavy atom. The number of hydrogen-bond donors (Lipinski definition) is 1. The Hall–Kier alpha value is -1.33. The second kappa shape index (κ2) is 4.16. The van der Waals surface area contributed by atoms with Gasteiger partial charge in [-0.1, -0.05) is 15.9 Å². The molecule has 17 heavy (non-hydrogen) atoms. The van der Waals surface area contributed by atoms with Crippen LogP contribution in [0.25, 0.3) is 5.69 Å². The summed E-state index contributed by atoms with van der Waals surface area (Å²) in [6.45, 7) is 1.29. The first-order valence-corrected chi connectivity index (χ1v) is 6.25. The molecule has 0 aliphatic carbocycles. The Balaban J connectivity index is 2.09. The predicted octanol–water partition coefficient (Wildman–Crippen LogP) is 2.29. The van der Waals surface area contributed by atoms with E-state index in [0.29, 0.717) is 12.4 Å². The third kappa shape index (κ3) is 1.85. The number of fused-ring (bicyclic) bond motifs is 1. The van der Waals surface area contributed by atoms with Crippen LogP contribution in [0.5, 0.6) is 0 Å². The molecule has 0 spiro atoms. The first kappa shape index (κ1) is 10.8. The van der Waals surface area contributed by atoms with Gasteiger partial charge in [-0.3, -0.25) is 0 Å². The van der Waals surface area contributed by atoms with Gasteiger partial charge in [0.2, 0.25) is 0 Å². The number of nitrogens with zero attached hydrogens (tertiary/aromatic N) is 2. The van der Waals surface area contributed by atoms with Crippen LogP contribution in [0.2, 0.25) is 0 Å². The average molecular weight is 294 g/mol. The number of nitrogens with two attached hydrogens (primary N) is 1. The summed E-state index contributed by atoms with van der Waals surface area (Å²) in [5.41, 5.74) is 9.15. The number of anilines is 1. The van der Waals surface area contributed by atoms with E-state index in [2.05, 4.69) is 21.0 Å². The second-order valence-electron chi connectivity index (χ2n) is 4.00. The fourth-order valence-electron chi connectivity index (χ4n) is 1.99. The molecule has 0 unspecified atom stereocenters. The van der Waals surface area contributed by atoms with Crippen molar-refractivity contribution in [3.63, 3.8) is 0 Å². The molecule has 0 saturated carbocycles. The van der Waals surface area contributed by atoms with E-state index in [1.165, 1.54) is 0 Å². The Morgan fingerprint density at radius 2 is 2.06 bits per heavy atom. The molecule has 1 aliphatic rings. The maximum Gasteiger partial charge on any atom is 0.133 e. The van der Waals surface area contributed by atoms with Crippen LogP contribution in [0.3, 0.4) is 0 Å². The summed E-state index contributed by atoms with van der Waals surface area (Å²) in [6.07, 6.45) is 0.836. The molecule has 0 atom stereocenters. The molecule has 3 rings (SSSR count). The van der Waals surface area contributed by atoms with Crippen molar-refractivity contribution in [1.29, 1.82) is 0 Å². The summed E-state index contributed by atoms with van der Waals surface area (Å²) in [5.74, 6) is 0.682. The predicted molar refractivity (Wildman–Crippen MR) is 69.0 cm³/mol. The minimum absolute atomic E-state index is 0.567. The van der Waals surface area contributed by atoms with Gasteiger partial charge in [0, 0.05) is 16.5 Å². The lowest BCUT2D eigenvalue weighted by atomic mass is 10.1. The molecule has 0 amide bonds. The van der Waals surface area contributed by atoms with Gasteiger partial charge in [-0.2, -0.15) is 5.10 Å². The van der Waals surface area contributed by atoms with Crippen LogP contribution in [0, 0.1) is 0 Å². The van der Waals surface area contributed by atoms with Gasteiger partial charge >= 0.3 is 0 Å². The van der Waals surface area contributed by atoms with E-state index in [9.17, 15) is 0 Å². The van der Waals surface area contributed by atoms with Crippen molar-refractivity contribution in [2.45, 2.75) is 13.0 Å². The summed E-state index contributed by atoms with van der Waals surface area (Å²) < 4.78 is 8.23. The SMILES string of the molecule is Nc1c2c(nn1-c1ccc(Br)cc1)CCOC2. The third-order valence-corrected chi connectivity index (χ3v) is 3.44. The fourth-order valence-corrected chi connectivity index (χ4v) is 2.26. The normalized spacial score (nSPS) is 14.6. The third-order valence-electron chi connectivity index (χ3n) is 2.91. The van der Waals surface area contributed by atoms with Gasteiger partial charge in [-0.25, -0.2) is 4.68 Å². The second-order valence-corrected chi connectivity index (χ2v) is 4.92. The first-order chi connectivity index (χ1) is 8.25. The lowest BCUT2D eigenvalue weighted by molar-refractivity contribution is 0.110. The largest absolute Gasteiger partial charge is 0.383 e. The Labute approximate surface area is 108 Å². The highest BCUT2D eigenvalue weighted by atomic mass is 79.9. The van der Waals surface area contributed by atoms with E-state index in [0.717, 1.165) is 34.4 Å². The highest BCUT2D eigenvalue weighted by molar-refractivity contribution is 9.10. The van der Waals surface area contributed by atoms with Crippen LogP contribution in [0.4, 0.5) is 5.82 Å². The van der Waals surface area contributed by atoms with Gasteiger partial charge in [-0.15, -0.1) is 0 Å². The lowest BCUT2D eigenvalue weighted by Crippen LogP contribution is -2.09. The molecule has 0 saturated heterocycles. The number of benzene rings is 1. The molecule has 1 aliphatic heterocycles. The molecular weight excluding hydrogens is 282 g/mol. The zero-order valence-electron chi connectivity index (χ0n) is 9.19. The number of ether oxygens (including phenoxy) is 1. The maximum atomic E-state index is 6.10. The summed E-state index contributed by atoms with van der Waals surface area (Å²) in [4.78, 5) is 0. The van der Waals surface area contributed by atoms with Crippen molar-refractivity contribution >= 4 is 21.7 Å². The summed E-state index contributed by atoms with van der Waals surface area (Å²) in [6, 6.07) is 7.93. The maximum absolute atomic E-state index is 6.10. The number of halogens is 1. The molecule has 5 heteroatoms. The zero-order valence-corrected chi connectivity index (χ0v) is 10.8. The zero-order chi connectivity index (χ0) is 11.8. The van der Waals surface area contributed by atoms with Crippen molar-refractivity contribution in [3.8, 4) is 5.69 Å². The summed E-state index contributed by atoms with van der Waals surface area (Å²) in [5, 5.41) is 4.55. The number of rotatable bonds is 1. The van der Waals surface area contributed by atoms with Gasteiger partial charge in [0.05, 0.1) is 24.6 Å². The van der Waals surface area contributed by atoms with E-state index in [-0.39, 0.29) is 0 Å². The van der Waals surface area contributed by atoms with Crippen LogP contribution in [0.1, 0.15) is 11.3 Å². The Bertz CT molecular complexity index is 548. The van der Waals surface area contributed by atoms with Crippen molar-refractivity contribution < 1.29 is 4.74 Å². The van der Waals surface area contributed by atoms with Crippen LogP contribution >= 0.6 is 15.9 Å². The number of nitrogen functional groups attached to an aromatic ring is 1. The van der Waals surface area contributed by atoms with E-state index in [4.69, 9.17) is 10.5 Å². The molecule has 1 aromatic carbocycles. The number of aromatic nitrogens is 2. The molecule has 2 N–H and O–H groups in total. The molecule has 0 bridgehead atoms. The first-order valence-electron chi connectivity index (χ1n) is 5.45. The van der Waals surface area contributed by atoms with Crippen molar-refractivity contribution in [2.75, 3.05) is 12.3 Å². The Morgan fingerprint density at radius 1 is 1.29 bits per heavy atom. The van der Waals surface area contributed by atoms with Crippen molar-refractivity contribution in [3.05, 3.63) is 40.0 Å². The standard InChI is InChI=1S/C12H12BrN3O/c13-8-1-3-9(4-2-8)16-12(14)10-7-17-6-5-11(10)15-16/h1-4H,5-7,14H2. The molecule has 88 valence electrons.